The number of rotatable bonds is 10. The normalized spacial score (nSPS) is 14.1. The summed E-state index contributed by atoms with van der Waals surface area (Å²) in [6.45, 7) is 3.80. The van der Waals surface area contributed by atoms with Crippen LogP contribution in [0.1, 0.15) is 34.3 Å². The maximum Gasteiger partial charge on any atom is 0.224 e. The standard InChI is InChI=1S/C30H32N4O2/c31-22-25-13-11-24(12-14-25)21-30(36)32-27-15-17-33(18-16-27)19-20-34(28-9-5-2-6-10-28)23-29(35)26-7-3-1-4-8-26/h1-14,27H,15-21,23H2,(H,32,36). The fraction of sp³-hybridized carbons (Fsp3) is 0.300. The largest absolute Gasteiger partial charge is 0.363 e. The van der Waals surface area contributed by atoms with Crippen LogP contribution in [0.15, 0.2) is 84.9 Å². The van der Waals surface area contributed by atoms with E-state index in [2.05, 4.69) is 21.2 Å². The second-order valence-electron chi connectivity index (χ2n) is 9.22. The number of likely N-dealkylation sites (tertiary alicyclic amines) is 1. The second-order valence-corrected chi connectivity index (χ2v) is 9.22. The van der Waals surface area contributed by atoms with Crippen LogP contribution in [0.5, 0.6) is 0 Å². The zero-order valence-corrected chi connectivity index (χ0v) is 20.5. The molecule has 3 aromatic rings. The van der Waals surface area contributed by atoms with Gasteiger partial charge in [0.2, 0.25) is 5.91 Å². The van der Waals surface area contributed by atoms with Crippen LogP contribution in [0, 0.1) is 11.3 Å². The lowest BCUT2D eigenvalue weighted by Crippen LogP contribution is -2.47. The summed E-state index contributed by atoms with van der Waals surface area (Å²) >= 11 is 0. The molecule has 3 aromatic carbocycles. The molecule has 0 atom stereocenters. The van der Waals surface area contributed by atoms with Crippen LogP contribution in [0.2, 0.25) is 0 Å². The van der Waals surface area contributed by atoms with Gasteiger partial charge < -0.3 is 15.1 Å². The first-order chi connectivity index (χ1) is 17.6. The lowest BCUT2D eigenvalue weighted by Gasteiger charge is -2.34. The first kappa shape index (κ1) is 25.2. The average molecular weight is 481 g/mol. The van der Waals surface area contributed by atoms with Crippen molar-refractivity contribution in [2.24, 2.45) is 0 Å². The molecule has 1 aliphatic rings. The lowest BCUT2D eigenvalue weighted by molar-refractivity contribution is -0.121. The molecular formula is C30H32N4O2. The Morgan fingerprint density at radius 2 is 1.56 bits per heavy atom. The minimum atomic E-state index is 0.0211. The van der Waals surface area contributed by atoms with Gasteiger partial charge in [-0.3, -0.25) is 9.59 Å². The van der Waals surface area contributed by atoms with Gasteiger partial charge in [-0.1, -0.05) is 60.7 Å². The molecule has 6 heteroatoms. The highest BCUT2D eigenvalue weighted by molar-refractivity contribution is 5.99. The number of carbonyl (C=O) groups excluding carboxylic acids is 2. The summed E-state index contributed by atoms with van der Waals surface area (Å²) in [5.41, 5.74) is 3.29. The Kier molecular flexibility index (Phi) is 8.85. The minimum Gasteiger partial charge on any atom is -0.363 e. The van der Waals surface area contributed by atoms with E-state index in [1.165, 1.54) is 0 Å². The van der Waals surface area contributed by atoms with Crippen LogP contribution in [0.4, 0.5) is 5.69 Å². The van der Waals surface area contributed by atoms with Crippen molar-refractivity contribution in [3.05, 3.63) is 102 Å². The molecular weight excluding hydrogens is 448 g/mol. The van der Waals surface area contributed by atoms with Gasteiger partial charge >= 0.3 is 0 Å². The molecule has 1 saturated heterocycles. The Hall–Kier alpha value is -3.95. The molecule has 36 heavy (non-hydrogen) atoms. The number of hydrogen-bond acceptors (Lipinski definition) is 5. The number of hydrogen-bond donors (Lipinski definition) is 1. The Labute approximate surface area is 213 Å². The molecule has 1 aliphatic heterocycles. The van der Waals surface area contributed by atoms with Crippen molar-refractivity contribution in [1.29, 1.82) is 5.26 Å². The van der Waals surface area contributed by atoms with E-state index in [1.54, 1.807) is 12.1 Å². The number of piperidine rings is 1. The monoisotopic (exact) mass is 480 g/mol. The average Bonchev–Trinajstić information content (AvgIpc) is 2.93. The van der Waals surface area contributed by atoms with Gasteiger partial charge in [0.25, 0.3) is 0 Å². The van der Waals surface area contributed by atoms with Crippen molar-refractivity contribution in [3.8, 4) is 6.07 Å². The molecule has 1 fully saturated rings. The molecule has 0 radical (unpaired) electrons. The third-order valence-corrected chi connectivity index (χ3v) is 6.64. The zero-order valence-electron chi connectivity index (χ0n) is 20.5. The summed E-state index contributed by atoms with van der Waals surface area (Å²) in [6, 6.07) is 29.0. The number of amides is 1. The highest BCUT2D eigenvalue weighted by Gasteiger charge is 2.22. The lowest BCUT2D eigenvalue weighted by atomic mass is 10.0. The summed E-state index contributed by atoms with van der Waals surface area (Å²) in [6.07, 6.45) is 2.15. The SMILES string of the molecule is N#Cc1ccc(CC(=O)NC2CCN(CCN(CC(=O)c3ccccc3)c3ccccc3)CC2)cc1. The summed E-state index contributed by atoms with van der Waals surface area (Å²) in [4.78, 5) is 29.9. The van der Waals surface area contributed by atoms with Crippen LogP contribution < -0.4 is 10.2 Å². The molecule has 0 spiro atoms. The first-order valence-electron chi connectivity index (χ1n) is 12.5. The van der Waals surface area contributed by atoms with Crippen LogP contribution in [0.25, 0.3) is 0 Å². The molecule has 0 aliphatic carbocycles. The maximum absolute atomic E-state index is 12.9. The molecule has 6 nitrogen and oxygen atoms in total. The van der Waals surface area contributed by atoms with Crippen molar-refractivity contribution < 1.29 is 9.59 Å². The van der Waals surface area contributed by atoms with Gasteiger partial charge in [0.05, 0.1) is 24.6 Å². The van der Waals surface area contributed by atoms with Crippen LogP contribution >= 0.6 is 0 Å². The molecule has 1 amide bonds. The fourth-order valence-electron chi connectivity index (χ4n) is 4.55. The van der Waals surface area contributed by atoms with E-state index in [4.69, 9.17) is 5.26 Å². The summed E-state index contributed by atoms with van der Waals surface area (Å²) in [5.74, 6) is 0.135. The number of carbonyl (C=O) groups is 2. The van der Waals surface area contributed by atoms with Gasteiger partial charge in [0.15, 0.2) is 5.78 Å². The number of nitrogens with zero attached hydrogens (tertiary/aromatic N) is 3. The molecule has 0 aromatic heterocycles. The number of nitriles is 1. The Balaban J connectivity index is 1.25. The van der Waals surface area contributed by atoms with Gasteiger partial charge in [0.1, 0.15) is 0 Å². The Morgan fingerprint density at radius 1 is 0.917 bits per heavy atom. The third kappa shape index (κ3) is 7.27. The predicted octanol–water partition coefficient (Wildman–Crippen LogP) is 4.07. The first-order valence-corrected chi connectivity index (χ1v) is 12.5. The number of Topliss-reactive ketones (excluding diaryl/α,β-unsaturated/α-hetero) is 1. The van der Waals surface area contributed by atoms with Crippen LogP contribution in [-0.2, 0) is 11.2 Å². The number of para-hydroxylation sites is 1. The van der Waals surface area contributed by atoms with Crippen molar-refractivity contribution in [3.63, 3.8) is 0 Å². The van der Waals surface area contributed by atoms with E-state index in [0.717, 1.165) is 55.8 Å². The predicted molar refractivity (Wildman–Crippen MR) is 142 cm³/mol. The van der Waals surface area contributed by atoms with E-state index in [0.29, 0.717) is 18.5 Å². The van der Waals surface area contributed by atoms with Crippen molar-refractivity contribution >= 4 is 17.4 Å². The minimum absolute atomic E-state index is 0.0211. The molecule has 1 N–H and O–H groups in total. The molecule has 184 valence electrons. The number of anilines is 1. The van der Waals surface area contributed by atoms with Crippen molar-refractivity contribution in [2.75, 3.05) is 37.6 Å². The number of nitrogens with one attached hydrogen (secondary N) is 1. The van der Waals surface area contributed by atoms with E-state index >= 15 is 0 Å². The topological polar surface area (TPSA) is 76.4 Å². The Morgan fingerprint density at radius 3 is 2.19 bits per heavy atom. The van der Waals surface area contributed by atoms with Gasteiger partial charge in [-0.15, -0.1) is 0 Å². The van der Waals surface area contributed by atoms with E-state index in [9.17, 15) is 9.59 Å². The summed E-state index contributed by atoms with van der Waals surface area (Å²) < 4.78 is 0. The van der Waals surface area contributed by atoms with Crippen molar-refractivity contribution in [1.82, 2.24) is 10.2 Å². The Bertz CT molecular complexity index is 1170. The molecule has 0 bridgehead atoms. The molecule has 1 heterocycles. The number of ketones is 1. The van der Waals surface area contributed by atoms with Gasteiger partial charge in [-0.05, 0) is 42.7 Å². The second kappa shape index (κ2) is 12.7. The van der Waals surface area contributed by atoms with Gasteiger partial charge in [0, 0.05) is 43.5 Å². The van der Waals surface area contributed by atoms with Crippen LogP contribution in [-0.4, -0.2) is 55.4 Å². The highest BCUT2D eigenvalue weighted by Crippen LogP contribution is 2.16. The van der Waals surface area contributed by atoms with E-state index in [-0.39, 0.29) is 17.7 Å². The van der Waals surface area contributed by atoms with E-state index < -0.39 is 0 Å². The quantitative estimate of drug-likeness (QED) is 0.443. The van der Waals surface area contributed by atoms with Crippen molar-refractivity contribution in [2.45, 2.75) is 25.3 Å². The van der Waals surface area contributed by atoms with Gasteiger partial charge in [-0.2, -0.15) is 5.26 Å². The highest BCUT2D eigenvalue weighted by atomic mass is 16.1. The zero-order chi connectivity index (χ0) is 25.2. The molecule has 0 unspecified atom stereocenters. The summed E-state index contributed by atoms with van der Waals surface area (Å²) in [7, 11) is 0. The van der Waals surface area contributed by atoms with Crippen LogP contribution in [0.3, 0.4) is 0 Å². The van der Waals surface area contributed by atoms with Gasteiger partial charge in [-0.25, -0.2) is 0 Å². The maximum atomic E-state index is 12.9. The molecule has 0 saturated carbocycles. The summed E-state index contributed by atoms with van der Waals surface area (Å²) in [5, 5.41) is 12.1. The fourth-order valence-corrected chi connectivity index (χ4v) is 4.55. The van der Waals surface area contributed by atoms with E-state index in [1.807, 2.05) is 72.8 Å². The molecule has 4 rings (SSSR count). The third-order valence-electron chi connectivity index (χ3n) is 6.64. The smallest absolute Gasteiger partial charge is 0.224 e. The number of benzene rings is 3.